The average molecular weight is 322 g/mol. The zero-order chi connectivity index (χ0) is 10.7. The van der Waals surface area contributed by atoms with E-state index in [2.05, 4.69) is 31.3 Å². The SMILES string of the molecule is O=C(NC1CCN(I)CC1)C1CCCC1. The van der Waals surface area contributed by atoms with Gasteiger partial charge in [-0.1, -0.05) is 12.8 Å². The molecule has 2 aliphatic rings. The molecule has 15 heavy (non-hydrogen) atoms. The number of carbonyl (C=O) groups is 1. The molecule has 1 saturated heterocycles. The molecule has 0 unspecified atom stereocenters. The van der Waals surface area contributed by atoms with Gasteiger partial charge in [-0.15, -0.1) is 0 Å². The summed E-state index contributed by atoms with van der Waals surface area (Å²) >= 11 is 2.36. The van der Waals surface area contributed by atoms with Gasteiger partial charge in [-0.3, -0.25) is 4.79 Å². The van der Waals surface area contributed by atoms with Gasteiger partial charge in [-0.2, -0.15) is 0 Å². The second-order valence-electron chi connectivity index (χ2n) is 4.67. The Morgan fingerprint density at radius 1 is 1.13 bits per heavy atom. The summed E-state index contributed by atoms with van der Waals surface area (Å²) in [5, 5.41) is 3.21. The van der Waals surface area contributed by atoms with E-state index < -0.39 is 0 Å². The number of nitrogens with zero attached hydrogens (tertiary/aromatic N) is 1. The second-order valence-corrected chi connectivity index (χ2v) is 6.04. The third-order valence-electron chi connectivity index (χ3n) is 3.51. The van der Waals surface area contributed by atoms with Crippen LogP contribution in [0.15, 0.2) is 0 Å². The molecule has 1 aliphatic heterocycles. The summed E-state index contributed by atoms with van der Waals surface area (Å²) in [6.45, 7) is 2.21. The molecular weight excluding hydrogens is 303 g/mol. The predicted octanol–water partition coefficient (Wildman–Crippen LogP) is 2.11. The van der Waals surface area contributed by atoms with Crippen molar-refractivity contribution < 1.29 is 4.79 Å². The molecule has 1 N–H and O–H groups in total. The molecule has 0 spiro atoms. The maximum Gasteiger partial charge on any atom is 0.223 e. The number of amides is 1. The fourth-order valence-electron chi connectivity index (χ4n) is 2.50. The number of hydrogen-bond donors (Lipinski definition) is 1. The average Bonchev–Trinajstić information content (AvgIpc) is 2.74. The third kappa shape index (κ3) is 3.31. The lowest BCUT2D eigenvalue weighted by molar-refractivity contribution is -0.125. The van der Waals surface area contributed by atoms with Crippen LogP contribution in [0, 0.1) is 5.92 Å². The normalized spacial score (nSPS) is 25.7. The Balaban J connectivity index is 1.74. The molecular formula is C11H19IN2O. The Labute approximate surface area is 105 Å². The molecule has 2 fully saturated rings. The minimum atomic E-state index is 0.319. The summed E-state index contributed by atoms with van der Waals surface area (Å²) in [6.07, 6.45) is 6.92. The van der Waals surface area contributed by atoms with Crippen molar-refractivity contribution in [3.63, 3.8) is 0 Å². The smallest absolute Gasteiger partial charge is 0.223 e. The molecule has 2 rings (SSSR count). The van der Waals surface area contributed by atoms with Crippen LogP contribution >= 0.6 is 22.9 Å². The first-order chi connectivity index (χ1) is 7.25. The predicted molar refractivity (Wildman–Crippen MR) is 68.7 cm³/mol. The van der Waals surface area contributed by atoms with E-state index in [0.717, 1.165) is 38.8 Å². The first-order valence-corrected chi connectivity index (χ1v) is 6.93. The summed E-state index contributed by atoms with van der Waals surface area (Å²) in [5.74, 6) is 0.641. The molecule has 0 aromatic carbocycles. The van der Waals surface area contributed by atoms with Crippen molar-refractivity contribution >= 4 is 28.8 Å². The van der Waals surface area contributed by atoms with E-state index in [1.54, 1.807) is 0 Å². The van der Waals surface area contributed by atoms with Gasteiger partial charge in [0.2, 0.25) is 5.91 Å². The van der Waals surface area contributed by atoms with Crippen LogP contribution < -0.4 is 5.32 Å². The zero-order valence-corrected chi connectivity index (χ0v) is 11.2. The molecule has 0 atom stereocenters. The number of hydrogen-bond acceptors (Lipinski definition) is 2. The molecule has 0 aromatic heterocycles. The van der Waals surface area contributed by atoms with Crippen molar-refractivity contribution in [1.82, 2.24) is 8.43 Å². The van der Waals surface area contributed by atoms with Gasteiger partial charge < -0.3 is 5.32 Å². The maximum absolute atomic E-state index is 11.9. The Hall–Kier alpha value is 0.160. The quantitative estimate of drug-likeness (QED) is 0.624. The van der Waals surface area contributed by atoms with Gasteiger partial charge in [-0.25, -0.2) is 3.11 Å². The highest BCUT2D eigenvalue weighted by Crippen LogP contribution is 2.25. The Morgan fingerprint density at radius 3 is 2.33 bits per heavy atom. The van der Waals surface area contributed by atoms with Gasteiger partial charge >= 0.3 is 0 Å². The molecule has 1 aliphatic carbocycles. The molecule has 1 amide bonds. The van der Waals surface area contributed by atoms with Crippen molar-refractivity contribution in [1.29, 1.82) is 0 Å². The van der Waals surface area contributed by atoms with Gasteiger partial charge in [0.25, 0.3) is 0 Å². The summed E-state index contributed by atoms with van der Waals surface area (Å²) in [4.78, 5) is 11.9. The lowest BCUT2D eigenvalue weighted by Crippen LogP contribution is -2.43. The lowest BCUT2D eigenvalue weighted by Gasteiger charge is -2.28. The van der Waals surface area contributed by atoms with Crippen molar-refractivity contribution in [2.45, 2.75) is 44.6 Å². The van der Waals surface area contributed by atoms with E-state index in [-0.39, 0.29) is 0 Å². The van der Waals surface area contributed by atoms with Crippen LogP contribution in [0.4, 0.5) is 0 Å². The van der Waals surface area contributed by atoms with Gasteiger partial charge in [0, 0.05) is 47.9 Å². The number of nitrogens with one attached hydrogen (secondary N) is 1. The molecule has 0 radical (unpaired) electrons. The first-order valence-electron chi connectivity index (χ1n) is 5.97. The topological polar surface area (TPSA) is 32.3 Å². The fraction of sp³-hybridized carbons (Fsp3) is 0.909. The van der Waals surface area contributed by atoms with Crippen LogP contribution in [0.1, 0.15) is 38.5 Å². The van der Waals surface area contributed by atoms with Crippen LogP contribution in [0.5, 0.6) is 0 Å². The van der Waals surface area contributed by atoms with E-state index in [1.807, 2.05) is 0 Å². The Morgan fingerprint density at radius 2 is 1.73 bits per heavy atom. The van der Waals surface area contributed by atoms with Gasteiger partial charge in [-0.05, 0) is 25.7 Å². The fourth-order valence-corrected chi connectivity index (χ4v) is 3.06. The molecule has 4 heteroatoms. The zero-order valence-electron chi connectivity index (χ0n) is 9.04. The Bertz CT molecular complexity index is 221. The van der Waals surface area contributed by atoms with Crippen LogP contribution in [-0.2, 0) is 4.79 Å². The second kappa shape index (κ2) is 5.48. The maximum atomic E-state index is 11.9. The molecule has 1 saturated carbocycles. The van der Waals surface area contributed by atoms with E-state index >= 15 is 0 Å². The highest BCUT2D eigenvalue weighted by Gasteiger charge is 2.26. The monoisotopic (exact) mass is 322 g/mol. The summed E-state index contributed by atoms with van der Waals surface area (Å²) < 4.78 is 2.30. The van der Waals surface area contributed by atoms with Gasteiger partial charge in [0.05, 0.1) is 0 Å². The van der Waals surface area contributed by atoms with Crippen molar-refractivity contribution in [3.05, 3.63) is 0 Å². The van der Waals surface area contributed by atoms with Crippen molar-refractivity contribution in [2.24, 2.45) is 5.92 Å². The van der Waals surface area contributed by atoms with Crippen LogP contribution in [0.2, 0.25) is 0 Å². The molecule has 86 valence electrons. The lowest BCUT2D eigenvalue weighted by atomic mass is 10.0. The first kappa shape index (κ1) is 11.6. The number of piperidine rings is 1. The van der Waals surface area contributed by atoms with E-state index in [0.29, 0.717) is 17.9 Å². The van der Waals surface area contributed by atoms with Crippen LogP contribution in [-0.4, -0.2) is 28.2 Å². The molecule has 1 heterocycles. The van der Waals surface area contributed by atoms with E-state index in [9.17, 15) is 4.79 Å². The third-order valence-corrected chi connectivity index (χ3v) is 4.48. The number of halogens is 1. The summed E-state index contributed by atoms with van der Waals surface area (Å²) in [6, 6.07) is 0.434. The number of rotatable bonds is 2. The highest BCUT2D eigenvalue weighted by atomic mass is 127. The van der Waals surface area contributed by atoms with Crippen molar-refractivity contribution in [2.75, 3.05) is 13.1 Å². The largest absolute Gasteiger partial charge is 0.353 e. The minimum absolute atomic E-state index is 0.319. The van der Waals surface area contributed by atoms with Crippen molar-refractivity contribution in [3.8, 4) is 0 Å². The van der Waals surface area contributed by atoms with E-state index in [4.69, 9.17) is 0 Å². The molecule has 0 aromatic rings. The Kier molecular flexibility index (Phi) is 4.25. The molecule has 3 nitrogen and oxygen atoms in total. The highest BCUT2D eigenvalue weighted by molar-refractivity contribution is 14.1. The van der Waals surface area contributed by atoms with Gasteiger partial charge in [0.15, 0.2) is 0 Å². The van der Waals surface area contributed by atoms with E-state index in [1.165, 1.54) is 12.8 Å². The summed E-state index contributed by atoms with van der Waals surface area (Å²) in [7, 11) is 0. The van der Waals surface area contributed by atoms with Gasteiger partial charge in [0.1, 0.15) is 0 Å². The number of carbonyl (C=O) groups excluding carboxylic acids is 1. The molecule has 0 bridgehead atoms. The standard InChI is InChI=1S/C11H19IN2O/c12-14-7-5-10(6-8-14)13-11(15)9-3-1-2-4-9/h9-10H,1-8H2,(H,13,15). The van der Waals surface area contributed by atoms with Crippen LogP contribution in [0.25, 0.3) is 0 Å². The minimum Gasteiger partial charge on any atom is -0.353 e. The van der Waals surface area contributed by atoms with Crippen LogP contribution in [0.3, 0.4) is 0 Å². The summed E-state index contributed by atoms with van der Waals surface area (Å²) in [5.41, 5.74) is 0.